The van der Waals surface area contributed by atoms with Crippen molar-refractivity contribution in [1.82, 2.24) is 0 Å². The van der Waals surface area contributed by atoms with Gasteiger partial charge >= 0.3 is 0 Å². The molecule has 0 fully saturated rings. The summed E-state index contributed by atoms with van der Waals surface area (Å²) in [6.45, 7) is 7.27. The zero-order chi connectivity index (χ0) is 9.68. The van der Waals surface area contributed by atoms with E-state index >= 15 is 0 Å². The van der Waals surface area contributed by atoms with Crippen molar-refractivity contribution >= 4 is 17.1 Å². The van der Waals surface area contributed by atoms with Crippen molar-refractivity contribution in [3.63, 3.8) is 0 Å². The highest BCUT2D eigenvalue weighted by atomic mass is 16.3. The molecular weight excluding hydrogens is 166 g/mol. The number of rotatable bonds is 3. The number of hydrogen-bond acceptors (Lipinski definition) is 3. The normalized spacial score (nSPS) is 9.23. The van der Waals surface area contributed by atoms with Crippen molar-refractivity contribution < 1.29 is 5.11 Å². The summed E-state index contributed by atoms with van der Waals surface area (Å²) in [4.78, 5) is 3.27. The summed E-state index contributed by atoms with van der Waals surface area (Å²) in [5.74, 6) is 0. The van der Waals surface area contributed by atoms with Gasteiger partial charge < -0.3 is 16.2 Å². The minimum Gasteiger partial charge on any atom is -0.397 e. The second kappa shape index (κ2) is 4.33. The van der Waals surface area contributed by atoms with Gasteiger partial charge in [-0.1, -0.05) is 6.07 Å². The standard InChI is InChI=1S/C9H11N3O/c1-11-7-2-3-8(10)9(6-7)12-4-5-13/h2-3,6,12-13H,4-5,10H2. The average Bonchev–Trinajstić information content (AvgIpc) is 2.17. The topological polar surface area (TPSA) is 62.6 Å². The molecule has 0 aliphatic rings. The molecule has 0 unspecified atom stereocenters. The Bertz CT molecular complexity index is 330. The van der Waals surface area contributed by atoms with Crippen LogP contribution in [0.2, 0.25) is 0 Å². The van der Waals surface area contributed by atoms with Crippen LogP contribution in [0.1, 0.15) is 0 Å². The van der Waals surface area contributed by atoms with Gasteiger partial charge in [-0.05, 0) is 12.1 Å². The van der Waals surface area contributed by atoms with Crippen molar-refractivity contribution in [1.29, 1.82) is 0 Å². The van der Waals surface area contributed by atoms with Crippen LogP contribution in [0.25, 0.3) is 4.85 Å². The van der Waals surface area contributed by atoms with E-state index in [0.717, 1.165) is 0 Å². The van der Waals surface area contributed by atoms with E-state index in [1.165, 1.54) is 0 Å². The predicted molar refractivity (Wildman–Crippen MR) is 52.7 cm³/mol. The van der Waals surface area contributed by atoms with Crippen molar-refractivity contribution in [3.8, 4) is 0 Å². The number of hydrogen-bond donors (Lipinski definition) is 3. The number of benzene rings is 1. The fourth-order valence-corrected chi connectivity index (χ4v) is 0.957. The molecule has 4 N–H and O–H groups in total. The minimum absolute atomic E-state index is 0.0433. The molecular formula is C9H11N3O. The first-order valence-corrected chi connectivity index (χ1v) is 3.89. The molecule has 0 saturated heterocycles. The number of nitrogen functional groups attached to an aromatic ring is 1. The smallest absolute Gasteiger partial charge is 0.189 e. The van der Waals surface area contributed by atoms with E-state index in [1.54, 1.807) is 18.2 Å². The highest BCUT2D eigenvalue weighted by Crippen LogP contribution is 2.24. The van der Waals surface area contributed by atoms with Gasteiger partial charge in [-0.15, -0.1) is 0 Å². The zero-order valence-corrected chi connectivity index (χ0v) is 7.12. The lowest BCUT2D eigenvalue weighted by atomic mass is 10.2. The highest BCUT2D eigenvalue weighted by molar-refractivity contribution is 5.71. The van der Waals surface area contributed by atoms with Crippen LogP contribution < -0.4 is 11.1 Å². The van der Waals surface area contributed by atoms with Gasteiger partial charge in [-0.2, -0.15) is 0 Å². The van der Waals surface area contributed by atoms with E-state index in [2.05, 4.69) is 10.2 Å². The molecule has 4 heteroatoms. The lowest BCUT2D eigenvalue weighted by Gasteiger charge is -2.07. The summed E-state index contributed by atoms with van der Waals surface area (Å²) in [6, 6.07) is 5.00. The third-order valence-electron chi connectivity index (χ3n) is 1.59. The van der Waals surface area contributed by atoms with E-state index in [1.807, 2.05) is 0 Å². The summed E-state index contributed by atoms with van der Waals surface area (Å²) < 4.78 is 0. The van der Waals surface area contributed by atoms with Crippen LogP contribution in [0.5, 0.6) is 0 Å². The molecule has 0 bridgehead atoms. The maximum Gasteiger partial charge on any atom is 0.189 e. The molecule has 0 amide bonds. The fourth-order valence-electron chi connectivity index (χ4n) is 0.957. The Morgan fingerprint density at radius 2 is 2.31 bits per heavy atom. The van der Waals surface area contributed by atoms with Crippen LogP contribution in [-0.4, -0.2) is 18.3 Å². The van der Waals surface area contributed by atoms with Gasteiger partial charge in [0, 0.05) is 12.2 Å². The van der Waals surface area contributed by atoms with Gasteiger partial charge in [-0.3, -0.25) is 0 Å². The van der Waals surface area contributed by atoms with Gasteiger partial charge in [0.15, 0.2) is 5.69 Å². The van der Waals surface area contributed by atoms with Gasteiger partial charge in [0.1, 0.15) is 0 Å². The largest absolute Gasteiger partial charge is 0.397 e. The molecule has 4 nitrogen and oxygen atoms in total. The second-order valence-corrected chi connectivity index (χ2v) is 2.53. The van der Waals surface area contributed by atoms with Gasteiger partial charge in [0.05, 0.1) is 18.9 Å². The van der Waals surface area contributed by atoms with Crippen LogP contribution in [-0.2, 0) is 0 Å². The number of nitrogens with one attached hydrogen (secondary N) is 1. The first-order chi connectivity index (χ1) is 6.27. The third kappa shape index (κ3) is 2.36. The Kier molecular flexibility index (Phi) is 3.12. The Balaban J connectivity index is 2.85. The molecule has 1 rings (SSSR count). The average molecular weight is 177 g/mol. The van der Waals surface area contributed by atoms with Crippen LogP contribution in [0.3, 0.4) is 0 Å². The highest BCUT2D eigenvalue weighted by Gasteiger charge is 1.98. The first kappa shape index (κ1) is 9.36. The van der Waals surface area contributed by atoms with Crippen LogP contribution in [0, 0.1) is 6.57 Å². The Labute approximate surface area is 76.8 Å². The van der Waals surface area contributed by atoms with E-state index in [4.69, 9.17) is 17.4 Å². The maximum atomic E-state index is 8.58. The molecule has 0 aromatic heterocycles. The van der Waals surface area contributed by atoms with Crippen molar-refractivity contribution in [2.24, 2.45) is 0 Å². The zero-order valence-electron chi connectivity index (χ0n) is 7.12. The van der Waals surface area contributed by atoms with E-state index in [9.17, 15) is 0 Å². The fraction of sp³-hybridized carbons (Fsp3) is 0.222. The van der Waals surface area contributed by atoms with Gasteiger partial charge in [0.2, 0.25) is 0 Å². The van der Waals surface area contributed by atoms with Crippen molar-refractivity contribution in [3.05, 3.63) is 29.6 Å². The number of aliphatic hydroxyl groups is 1. The number of aliphatic hydroxyl groups excluding tert-OH is 1. The quantitative estimate of drug-likeness (QED) is 0.480. The third-order valence-corrected chi connectivity index (χ3v) is 1.59. The molecule has 0 radical (unpaired) electrons. The lowest BCUT2D eigenvalue weighted by molar-refractivity contribution is 0.311. The number of anilines is 2. The van der Waals surface area contributed by atoms with E-state index in [-0.39, 0.29) is 6.61 Å². The summed E-state index contributed by atoms with van der Waals surface area (Å²) >= 11 is 0. The molecule has 1 aromatic rings. The summed E-state index contributed by atoms with van der Waals surface area (Å²) in [7, 11) is 0. The lowest BCUT2D eigenvalue weighted by Crippen LogP contribution is -2.07. The van der Waals surface area contributed by atoms with Gasteiger partial charge in [0.25, 0.3) is 0 Å². The number of nitrogens with two attached hydrogens (primary N) is 1. The van der Waals surface area contributed by atoms with Gasteiger partial charge in [-0.25, -0.2) is 4.85 Å². The summed E-state index contributed by atoms with van der Waals surface area (Å²) in [5.41, 5.74) is 7.46. The molecule has 1 aromatic carbocycles. The molecule has 0 saturated carbocycles. The molecule has 0 atom stereocenters. The van der Waals surface area contributed by atoms with Crippen molar-refractivity contribution in [2.75, 3.05) is 24.2 Å². The van der Waals surface area contributed by atoms with E-state index in [0.29, 0.717) is 23.6 Å². The second-order valence-electron chi connectivity index (χ2n) is 2.53. The Morgan fingerprint density at radius 1 is 1.54 bits per heavy atom. The molecule has 13 heavy (non-hydrogen) atoms. The summed E-state index contributed by atoms with van der Waals surface area (Å²) in [6.07, 6.45) is 0. The molecule has 0 heterocycles. The van der Waals surface area contributed by atoms with Crippen LogP contribution >= 0.6 is 0 Å². The molecule has 0 spiro atoms. The Hall–Kier alpha value is -1.73. The number of nitrogens with zero attached hydrogens (tertiary/aromatic N) is 1. The maximum absolute atomic E-state index is 8.58. The molecule has 0 aliphatic carbocycles. The molecule has 0 aliphatic heterocycles. The van der Waals surface area contributed by atoms with Crippen molar-refractivity contribution in [2.45, 2.75) is 0 Å². The minimum atomic E-state index is 0.0433. The summed E-state index contributed by atoms with van der Waals surface area (Å²) in [5, 5.41) is 11.5. The molecule has 68 valence electrons. The van der Waals surface area contributed by atoms with Crippen LogP contribution in [0.15, 0.2) is 18.2 Å². The monoisotopic (exact) mass is 177 g/mol. The predicted octanol–water partition coefficient (Wildman–Crippen LogP) is 1.22. The van der Waals surface area contributed by atoms with Crippen LogP contribution in [0.4, 0.5) is 17.1 Å². The SMILES string of the molecule is [C-]#[N+]c1ccc(N)c(NCCO)c1. The Morgan fingerprint density at radius 3 is 2.92 bits per heavy atom. The first-order valence-electron chi connectivity index (χ1n) is 3.89. The van der Waals surface area contributed by atoms with E-state index < -0.39 is 0 Å².